The van der Waals surface area contributed by atoms with Crippen molar-refractivity contribution in [3.63, 3.8) is 0 Å². The first-order valence-corrected chi connectivity index (χ1v) is 8.79. The highest BCUT2D eigenvalue weighted by Crippen LogP contribution is 2.29. The molecular formula is C19H25ClO4. The van der Waals surface area contributed by atoms with Crippen LogP contribution < -0.4 is 0 Å². The van der Waals surface area contributed by atoms with E-state index in [2.05, 4.69) is 0 Å². The van der Waals surface area contributed by atoms with Gasteiger partial charge in [-0.2, -0.15) is 0 Å². The van der Waals surface area contributed by atoms with Crippen molar-refractivity contribution in [2.45, 2.75) is 32.6 Å². The second-order valence-corrected chi connectivity index (χ2v) is 5.56. The van der Waals surface area contributed by atoms with Gasteiger partial charge >= 0.3 is 11.9 Å². The largest absolute Gasteiger partial charge is 0.465 e. The maximum atomic E-state index is 12.4. The van der Waals surface area contributed by atoms with E-state index in [-0.39, 0.29) is 13.2 Å². The van der Waals surface area contributed by atoms with Crippen LogP contribution in [-0.4, -0.2) is 31.0 Å². The van der Waals surface area contributed by atoms with Gasteiger partial charge in [-0.1, -0.05) is 42.5 Å². The summed E-state index contributed by atoms with van der Waals surface area (Å²) in [6.07, 6.45) is 5.44. The Morgan fingerprint density at radius 1 is 1.08 bits per heavy atom. The molecule has 4 nitrogen and oxygen atoms in total. The first-order valence-electron chi connectivity index (χ1n) is 8.26. The molecule has 1 aromatic rings. The van der Waals surface area contributed by atoms with E-state index in [1.54, 1.807) is 13.8 Å². The van der Waals surface area contributed by atoms with Gasteiger partial charge in [-0.25, -0.2) is 0 Å². The predicted octanol–water partition coefficient (Wildman–Crippen LogP) is 4.09. The van der Waals surface area contributed by atoms with Crippen molar-refractivity contribution >= 4 is 23.5 Å². The van der Waals surface area contributed by atoms with Crippen molar-refractivity contribution in [3.8, 4) is 0 Å². The summed E-state index contributed by atoms with van der Waals surface area (Å²) < 4.78 is 10.2. The Bertz CT molecular complexity index is 509. The van der Waals surface area contributed by atoms with E-state index in [0.29, 0.717) is 5.88 Å². The molecule has 5 heteroatoms. The number of hydrogen-bond donors (Lipinski definition) is 0. The lowest BCUT2D eigenvalue weighted by atomic mass is 9.85. The van der Waals surface area contributed by atoms with E-state index in [9.17, 15) is 9.59 Å². The van der Waals surface area contributed by atoms with Crippen LogP contribution in [0.2, 0.25) is 0 Å². The number of benzene rings is 1. The molecule has 0 fully saturated rings. The van der Waals surface area contributed by atoms with Crippen LogP contribution in [0.3, 0.4) is 0 Å². The Balaban J connectivity index is 3.15. The van der Waals surface area contributed by atoms with Crippen LogP contribution in [0.15, 0.2) is 42.5 Å². The van der Waals surface area contributed by atoms with Gasteiger partial charge < -0.3 is 9.47 Å². The smallest absolute Gasteiger partial charge is 0.321 e. The van der Waals surface area contributed by atoms with E-state index < -0.39 is 23.8 Å². The highest BCUT2D eigenvalue weighted by Gasteiger charge is 2.37. The van der Waals surface area contributed by atoms with Gasteiger partial charge in [-0.3, -0.25) is 9.59 Å². The van der Waals surface area contributed by atoms with Crippen LogP contribution in [0.4, 0.5) is 0 Å². The Morgan fingerprint density at radius 3 is 2.17 bits per heavy atom. The molecule has 0 spiro atoms. The predicted molar refractivity (Wildman–Crippen MR) is 95.0 cm³/mol. The molecule has 0 aliphatic carbocycles. The maximum Gasteiger partial charge on any atom is 0.321 e. The third kappa shape index (κ3) is 6.36. The number of carbonyl (C=O) groups is 2. The summed E-state index contributed by atoms with van der Waals surface area (Å²) in [5.74, 6) is -2.00. The van der Waals surface area contributed by atoms with E-state index >= 15 is 0 Å². The van der Waals surface area contributed by atoms with Crippen molar-refractivity contribution < 1.29 is 19.1 Å². The number of alkyl halides is 1. The number of ether oxygens (including phenoxy) is 2. The highest BCUT2D eigenvalue weighted by molar-refractivity contribution is 6.17. The lowest BCUT2D eigenvalue weighted by Crippen LogP contribution is -2.32. The van der Waals surface area contributed by atoms with Crippen LogP contribution in [0.1, 0.15) is 38.2 Å². The summed E-state index contributed by atoms with van der Waals surface area (Å²) in [5, 5.41) is 0. The van der Waals surface area contributed by atoms with E-state index in [1.807, 2.05) is 42.5 Å². The Kier molecular flexibility index (Phi) is 9.85. The molecule has 0 saturated heterocycles. The number of hydrogen-bond acceptors (Lipinski definition) is 4. The maximum absolute atomic E-state index is 12.4. The van der Waals surface area contributed by atoms with Crippen LogP contribution in [0, 0.1) is 5.92 Å². The molecule has 1 aromatic carbocycles. The van der Waals surface area contributed by atoms with E-state index in [4.69, 9.17) is 21.1 Å². The van der Waals surface area contributed by atoms with Gasteiger partial charge in [0.1, 0.15) is 0 Å². The molecule has 0 aromatic heterocycles. The number of carbonyl (C=O) groups excluding carboxylic acids is 2. The molecule has 1 atom stereocenters. The Morgan fingerprint density at radius 2 is 1.67 bits per heavy atom. The zero-order valence-corrected chi connectivity index (χ0v) is 15.0. The number of unbranched alkanes of at least 4 members (excludes halogenated alkanes) is 1. The minimum absolute atomic E-state index is 0.214. The van der Waals surface area contributed by atoms with Gasteiger partial charge in [0.25, 0.3) is 0 Å². The van der Waals surface area contributed by atoms with Crippen molar-refractivity contribution in [3.05, 3.63) is 48.0 Å². The van der Waals surface area contributed by atoms with Gasteiger partial charge in [-0.05, 0) is 32.3 Å². The molecule has 0 aliphatic heterocycles. The average Bonchev–Trinajstić information content (AvgIpc) is 2.58. The number of rotatable bonds is 10. The quantitative estimate of drug-likeness (QED) is 0.209. The standard InChI is InChI=1S/C19H25ClO4/c1-3-23-18(21)17(19(22)24-4-2)16(13-9-6-10-14-20)15-11-7-5-8-12-15/h5,7-9,11-13,16-17H,3-4,6,10,14H2,1-2H3/b13-9+. The first-order chi connectivity index (χ1) is 11.7. The summed E-state index contributed by atoms with van der Waals surface area (Å²) in [5.41, 5.74) is 0.866. The van der Waals surface area contributed by atoms with Crippen LogP contribution in [0.5, 0.6) is 0 Å². The molecule has 1 unspecified atom stereocenters. The summed E-state index contributed by atoms with van der Waals surface area (Å²) in [4.78, 5) is 24.8. The van der Waals surface area contributed by atoms with Crippen molar-refractivity contribution in [1.29, 1.82) is 0 Å². The van der Waals surface area contributed by atoms with Crippen molar-refractivity contribution in [2.75, 3.05) is 19.1 Å². The molecule has 24 heavy (non-hydrogen) atoms. The lowest BCUT2D eigenvalue weighted by molar-refractivity contribution is -0.162. The molecule has 0 heterocycles. The van der Waals surface area contributed by atoms with E-state index in [0.717, 1.165) is 18.4 Å². The fourth-order valence-corrected chi connectivity index (χ4v) is 2.54. The fourth-order valence-electron chi connectivity index (χ4n) is 2.38. The first kappa shape index (κ1) is 20.2. The Hall–Kier alpha value is -1.81. The van der Waals surface area contributed by atoms with E-state index in [1.165, 1.54) is 0 Å². The van der Waals surface area contributed by atoms with Gasteiger partial charge in [-0.15, -0.1) is 11.6 Å². The molecule has 1 rings (SSSR count). The minimum Gasteiger partial charge on any atom is -0.465 e. The lowest BCUT2D eigenvalue weighted by Gasteiger charge is -2.22. The molecule has 0 saturated carbocycles. The number of allylic oxidation sites excluding steroid dienone is 2. The molecular weight excluding hydrogens is 328 g/mol. The third-order valence-electron chi connectivity index (χ3n) is 3.47. The normalized spacial score (nSPS) is 12.3. The molecule has 0 amide bonds. The van der Waals surface area contributed by atoms with Gasteiger partial charge in [0.15, 0.2) is 5.92 Å². The van der Waals surface area contributed by atoms with Crippen LogP contribution in [-0.2, 0) is 19.1 Å². The molecule has 0 bridgehead atoms. The number of halogens is 1. The molecule has 132 valence electrons. The summed E-state index contributed by atoms with van der Waals surface area (Å²) in [6, 6.07) is 9.43. The highest BCUT2D eigenvalue weighted by atomic mass is 35.5. The van der Waals surface area contributed by atoms with Crippen molar-refractivity contribution in [2.24, 2.45) is 5.92 Å². The van der Waals surface area contributed by atoms with Gasteiger partial charge in [0.05, 0.1) is 13.2 Å². The second-order valence-electron chi connectivity index (χ2n) is 5.18. The average molecular weight is 353 g/mol. The van der Waals surface area contributed by atoms with Crippen LogP contribution >= 0.6 is 11.6 Å². The second kappa shape index (κ2) is 11.7. The molecule has 0 N–H and O–H groups in total. The minimum atomic E-state index is -1.01. The third-order valence-corrected chi connectivity index (χ3v) is 3.74. The van der Waals surface area contributed by atoms with Gasteiger partial charge in [0.2, 0.25) is 0 Å². The Labute approximate surface area is 148 Å². The summed E-state index contributed by atoms with van der Waals surface area (Å²) in [6.45, 7) is 3.86. The topological polar surface area (TPSA) is 52.6 Å². The zero-order valence-electron chi connectivity index (χ0n) is 14.2. The summed E-state index contributed by atoms with van der Waals surface area (Å²) >= 11 is 5.70. The fraction of sp³-hybridized carbons (Fsp3) is 0.474. The SMILES string of the molecule is CCOC(=O)C(C(=O)OCC)C(/C=C/CCCCl)c1ccccc1. The monoisotopic (exact) mass is 352 g/mol. The van der Waals surface area contributed by atoms with Crippen LogP contribution in [0.25, 0.3) is 0 Å². The van der Waals surface area contributed by atoms with Crippen molar-refractivity contribution in [1.82, 2.24) is 0 Å². The molecule has 0 radical (unpaired) electrons. The molecule has 0 aliphatic rings. The zero-order chi connectivity index (χ0) is 17.8. The summed E-state index contributed by atoms with van der Waals surface area (Å²) in [7, 11) is 0. The van der Waals surface area contributed by atoms with Gasteiger partial charge in [0, 0.05) is 11.8 Å². The number of esters is 2.